The summed E-state index contributed by atoms with van der Waals surface area (Å²) >= 11 is 6.21. The molecule has 1 aromatic carbocycles. The van der Waals surface area contributed by atoms with Gasteiger partial charge in [0.2, 0.25) is 0 Å². The zero-order valence-corrected chi connectivity index (χ0v) is 12.0. The molecule has 3 heteroatoms. The molecule has 2 nitrogen and oxygen atoms in total. The molecule has 0 atom stereocenters. The number of hydrogen-bond acceptors (Lipinski definition) is 2. The van der Waals surface area contributed by atoms with Crippen molar-refractivity contribution in [3.8, 4) is 0 Å². The smallest absolute Gasteiger partial charge is 0.0453 e. The zero-order valence-electron chi connectivity index (χ0n) is 11.2. The summed E-state index contributed by atoms with van der Waals surface area (Å²) in [5.41, 5.74) is 2.41. The normalized spacial score (nSPS) is 17.0. The van der Waals surface area contributed by atoms with Crippen LogP contribution in [-0.2, 0) is 6.54 Å². The van der Waals surface area contributed by atoms with Gasteiger partial charge in [0.05, 0.1) is 0 Å². The highest BCUT2D eigenvalue weighted by Crippen LogP contribution is 2.17. The molecule has 1 heterocycles. The lowest BCUT2D eigenvalue weighted by atomic mass is 10.1. The van der Waals surface area contributed by atoms with Crippen LogP contribution in [0.5, 0.6) is 0 Å². The average molecular weight is 267 g/mol. The van der Waals surface area contributed by atoms with Gasteiger partial charge in [-0.1, -0.05) is 30.2 Å². The van der Waals surface area contributed by atoms with Crippen LogP contribution in [0.3, 0.4) is 0 Å². The van der Waals surface area contributed by atoms with E-state index in [1.807, 2.05) is 6.07 Å². The average Bonchev–Trinajstić information content (AvgIpc) is 2.38. The first-order chi connectivity index (χ1) is 8.75. The van der Waals surface area contributed by atoms with Crippen LogP contribution in [0, 0.1) is 6.92 Å². The van der Waals surface area contributed by atoms with Gasteiger partial charge in [0.1, 0.15) is 0 Å². The van der Waals surface area contributed by atoms with E-state index < -0.39 is 0 Å². The fourth-order valence-corrected chi connectivity index (χ4v) is 2.74. The molecule has 1 aliphatic rings. The summed E-state index contributed by atoms with van der Waals surface area (Å²) in [5, 5.41) is 4.36. The molecule has 0 saturated carbocycles. The summed E-state index contributed by atoms with van der Waals surface area (Å²) in [6.45, 7) is 7.68. The van der Waals surface area contributed by atoms with E-state index in [4.69, 9.17) is 11.6 Å². The highest BCUT2D eigenvalue weighted by molar-refractivity contribution is 6.31. The van der Waals surface area contributed by atoms with Gasteiger partial charge in [0, 0.05) is 24.7 Å². The lowest BCUT2D eigenvalue weighted by Crippen LogP contribution is -2.35. The molecule has 0 aromatic heterocycles. The van der Waals surface area contributed by atoms with Gasteiger partial charge in [-0.25, -0.2) is 0 Å². The molecule has 100 valence electrons. The molecule has 1 aliphatic heterocycles. The third-order valence-electron chi connectivity index (χ3n) is 3.58. The number of aryl methyl sites for hydroxylation is 1. The van der Waals surface area contributed by atoms with Gasteiger partial charge in [-0.3, -0.25) is 0 Å². The van der Waals surface area contributed by atoms with E-state index in [1.165, 1.54) is 43.5 Å². The Morgan fingerprint density at radius 1 is 1.22 bits per heavy atom. The van der Waals surface area contributed by atoms with Crippen molar-refractivity contribution >= 4 is 11.6 Å². The zero-order chi connectivity index (χ0) is 12.8. The monoisotopic (exact) mass is 266 g/mol. The van der Waals surface area contributed by atoms with Crippen LogP contribution in [0.15, 0.2) is 18.2 Å². The summed E-state index contributed by atoms with van der Waals surface area (Å²) in [6.07, 6.45) is 4.14. The Morgan fingerprint density at radius 3 is 2.72 bits per heavy atom. The second-order valence-corrected chi connectivity index (χ2v) is 5.58. The largest absolute Gasteiger partial charge is 0.311 e. The number of halogens is 1. The van der Waals surface area contributed by atoms with Crippen LogP contribution in [0.2, 0.25) is 5.02 Å². The minimum Gasteiger partial charge on any atom is -0.311 e. The number of nitrogens with zero attached hydrogens (tertiary/aromatic N) is 1. The molecule has 1 N–H and O–H groups in total. The molecule has 2 rings (SSSR count). The summed E-state index contributed by atoms with van der Waals surface area (Å²) < 4.78 is 0. The molecule has 1 saturated heterocycles. The Morgan fingerprint density at radius 2 is 2.00 bits per heavy atom. The van der Waals surface area contributed by atoms with Crippen LogP contribution < -0.4 is 5.32 Å². The molecule has 0 bridgehead atoms. The van der Waals surface area contributed by atoms with E-state index in [0.717, 1.165) is 24.7 Å². The summed E-state index contributed by atoms with van der Waals surface area (Å²) in [7, 11) is 0. The van der Waals surface area contributed by atoms with Crippen molar-refractivity contribution < 1.29 is 0 Å². The van der Waals surface area contributed by atoms with Crippen molar-refractivity contribution in [3.63, 3.8) is 0 Å². The second kappa shape index (κ2) is 7.13. The van der Waals surface area contributed by atoms with Crippen molar-refractivity contribution in [1.29, 1.82) is 0 Å². The molecule has 1 aromatic rings. The van der Waals surface area contributed by atoms with Crippen molar-refractivity contribution in [2.75, 3.05) is 26.2 Å². The van der Waals surface area contributed by atoms with Crippen LogP contribution in [-0.4, -0.2) is 31.1 Å². The molecule has 0 spiro atoms. The lowest BCUT2D eigenvalue weighted by molar-refractivity contribution is 0.229. The maximum Gasteiger partial charge on any atom is 0.0453 e. The van der Waals surface area contributed by atoms with Crippen LogP contribution in [0.25, 0.3) is 0 Å². The number of nitrogens with one attached hydrogen (secondary N) is 1. The predicted octanol–water partition coefficient (Wildman–Crippen LogP) is 3.22. The molecular weight excluding hydrogens is 244 g/mol. The number of benzene rings is 1. The Hall–Kier alpha value is -0.570. The van der Waals surface area contributed by atoms with E-state index in [0.29, 0.717) is 0 Å². The van der Waals surface area contributed by atoms with Crippen molar-refractivity contribution in [2.45, 2.75) is 32.7 Å². The highest BCUT2D eigenvalue weighted by atomic mass is 35.5. The lowest BCUT2D eigenvalue weighted by Gasteiger charge is -2.26. The van der Waals surface area contributed by atoms with Gasteiger partial charge in [-0.15, -0.1) is 0 Å². The molecule has 0 radical (unpaired) electrons. The van der Waals surface area contributed by atoms with Gasteiger partial charge < -0.3 is 10.2 Å². The van der Waals surface area contributed by atoms with E-state index in [9.17, 15) is 0 Å². The minimum absolute atomic E-state index is 0.868. The van der Waals surface area contributed by atoms with Gasteiger partial charge in [-0.05, 0) is 50.0 Å². The molecular formula is C15H23ClN2. The second-order valence-electron chi connectivity index (χ2n) is 5.17. The molecule has 0 aliphatic carbocycles. The Kier molecular flexibility index (Phi) is 5.48. The van der Waals surface area contributed by atoms with Crippen LogP contribution in [0.1, 0.15) is 30.4 Å². The van der Waals surface area contributed by atoms with Gasteiger partial charge >= 0.3 is 0 Å². The number of rotatable bonds is 5. The van der Waals surface area contributed by atoms with Crippen molar-refractivity contribution in [3.05, 3.63) is 34.3 Å². The number of piperidine rings is 1. The third-order valence-corrected chi connectivity index (χ3v) is 3.93. The fraction of sp³-hybridized carbons (Fsp3) is 0.600. The number of likely N-dealkylation sites (tertiary alicyclic amines) is 1. The van der Waals surface area contributed by atoms with Crippen LogP contribution >= 0.6 is 11.6 Å². The minimum atomic E-state index is 0.868. The summed E-state index contributed by atoms with van der Waals surface area (Å²) in [5.74, 6) is 0. The summed E-state index contributed by atoms with van der Waals surface area (Å²) in [4.78, 5) is 2.55. The third kappa shape index (κ3) is 4.27. The molecule has 0 unspecified atom stereocenters. The van der Waals surface area contributed by atoms with Gasteiger partial charge in [0.25, 0.3) is 0 Å². The van der Waals surface area contributed by atoms with E-state index in [-0.39, 0.29) is 0 Å². The Balaban J connectivity index is 1.68. The maximum absolute atomic E-state index is 6.21. The fourth-order valence-electron chi connectivity index (χ4n) is 2.44. The maximum atomic E-state index is 6.21. The number of hydrogen-bond donors (Lipinski definition) is 1. The van der Waals surface area contributed by atoms with E-state index in [2.05, 4.69) is 29.3 Å². The Labute approximate surface area is 115 Å². The predicted molar refractivity (Wildman–Crippen MR) is 78.2 cm³/mol. The summed E-state index contributed by atoms with van der Waals surface area (Å²) in [6, 6.07) is 6.27. The highest BCUT2D eigenvalue weighted by Gasteiger charge is 2.08. The van der Waals surface area contributed by atoms with E-state index in [1.54, 1.807) is 0 Å². The first-order valence-electron chi connectivity index (χ1n) is 6.94. The molecule has 1 fully saturated rings. The first-order valence-corrected chi connectivity index (χ1v) is 7.31. The topological polar surface area (TPSA) is 15.3 Å². The Bertz CT molecular complexity index is 373. The first kappa shape index (κ1) is 13.9. The SMILES string of the molecule is Cc1ccc(CNCCN2CCCCC2)c(Cl)c1. The van der Waals surface area contributed by atoms with Crippen molar-refractivity contribution in [1.82, 2.24) is 10.2 Å². The van der Waals surface area contributed by atoms with Crippen molar-refractivity contribution in [2.24, 2.45) is 0 Å². The van der Waals surface area contributed by atoms with Crippen LogP contribution in [0.4, 0.5) is 0 Å². The quantitative estimate of drug-likeness (QED) is 0.824. The molecule has 18 heavy (non-hydrogen) atoms. The van der Waals surface area contributed by atoms with Gasteiger partial charge in [0.15, 0.2) is 0 Å². The van der Waals surface area contributed by atoms with E-state index >= 15 is 0 Å². The standard InChI is InChI=1S/C15H23ClN2/c1-13-5-6-14(15(16)11-13)12-17-7-10-18-8-3-2-4-9-18/h5-6,11,17H,2-4,7-10,12H2,1H3. The molecule has 0 amide bonds. The van der Waals surface area contributed by atoms with Gasteiger partial charge in [-0.2, -0.15) is 0 Å².